The number of benzene rings is 7. The van der Waals surface area contributed by atoms with Crippen LogP contribution in [0.15, 0.2) is 190 Å². The third-order valence-corrected chi connectivity index (χ3v) is 12.7. The Hall–Kier alpha value is -7.16. The van der Waals surface area contributed by atoms with Gasteiger partial charge in [0, 0.05) is 32.7 Å². The fourth-order valence-electron chi connectivity index (χ4n) is 7.93. The van der Waals surface area contributed by atoms with E-state index in [1.807, 2.05) is 127 Å². The standard InChI is InChI=1S/C47H30N6OS/c54-55(34-21-8-3-9-22-34)41-27-15-10-20-33(41)30-42(51-55)52-39-25-13-11-23-35(39)37-28-29-38-36-24-12-14-26-40(36)53(44(38)43(37)52)47-49-45(31-16-4-1-5-17-31)48-46(50-47)32-18-6-2-7-19-32/h1-30H. The summed E-state index contributed by atoms with van der Waals surface area (Å²) in [5.41, 5.74) is 6.41. The first-order valence-electron chi connectivity index (χ1n) is 18.1. The van der Waals surface area contributed by atoms with Crippen LogP contribution >= 0.6 is 0 Å². The molecule has 8 heteroatoms. The van der Waals surface area contributed by atoms with Crippen molar-refractivity contribution >= 4 is 65.2 Å². The first kappa shape index (κ1) is 31.4. The van der Waals surface area contributed by atoms with Crippen LogP contribution in [0.2, 0.25) is 0 Å². The van der Waals surface area contributed by atoms with Gasteiger partial charge < -0.3 is 0 Å². The summed E-state index contributed by atoms with van der Waals surface area (Å²) in [6, 6.07) is 58.6. The van der Waals surface area contributed by atoms with Gasteiger partial charge in [-0.25, -0.2) is 9.19 Å². The Morgan fingerprint density at radius 2 is 0.927 bits per heavy atom. The SMILES string of the molecule is O=S1(c2ccccc2)=NC(n2c3ccccc3c3ccc4c5ccccc5n(-c5nc(-c6ccccc6)nc(-c6ccccc6)n5)c4c32)=Cc2ccccc21. The number of aromatic nitrogens is 5. The molecule has 55 heavy (non-hydrogen) atoms. The van der Waals surface area contributed by atoms with E-state index >= 15 is 4.21 Å². The lowest BCUT2D eigenvalue weighted by Crippen LogP contribution is -2.11. The van der Waals surface area contributed by atoms with Crippen LogP contribution in [-0.2, 0) is 9.73 Å². The van der Waals surface area contributed by atoms with E-state index in [1.165, 1.54) is 0 Å². The molecule has 0 radical (unpaired) electrons. The zero-order valence-corrected chi connectivity index (χ0v) is 30.1. The van der Waals surface area contributed by atoms with Crippen molar-refractivity contribution in [1.29, 1.82) is 0 Å². The maximum absolute atomic E-state index is 15.4. The molecule has 1 atom stereocenters. The number of para-hydroxylation sites is 2. The lowest BCUT2D eigenvalue weighted by atomic mass is 10.1. The van der Waals surface area contributed by atoms with E-state index in [9.17, 15) is 0 Å². The molecule has 0 bridgehead atoms. The first-order chi connectivity index (χ1) is 27.2. The Labute approximate surface area is 316 Å². The van der Waals surface area contributed by atoms with E-state index in [1.54, 1.807) is 0 Å². The Morgan fingerprint density at radius 1 is 0.436 bits per heavy atom. The van der Waals surface area contributed by atoms with Gasteiger partial charge in [0.1, 0.15) is 15.5 Å². The number of rotatable bonds is 5. The maximum Gasteiger partial charge on any atom is 0.238 e. The van der Waals surface area contributed by atoms with Crippen LogP contribution in [0.1, 0.15) is 5.56 Å². The van der Waals surface area contributed by atoms with Gasteiger partial charge in [-0.1, -0.05) is 146 Å². The predicted octanol–water partition coefficient (Wildman–Crippen LogP) is 11.3. The Kier molecular flexibility index (Phi) is 6.96. The minimum atomic E-state index is -3.06. The number of hydrogen-bond donors (Lipinski definition) is 0. The summed E-state index contributed by atoms with van der Waals surface area (Å²) in [4.78, 5) is 16.8. The Balaban J connectivity index is 1.30. The Bertz CT molecular complexity index is 3250. The van der Waals surface area contributed by atoms with Crippen LogP contribution in [0.5, 0.6) is 0 Å². The average Bonchev–Trinajstić information content (AvgIpc) is 3.78. The molecule has 10 aromatic rings. The van der Waals surface area contributed by atoms with Crippen molar-refractivity contribution in [3.05, 3.63) is 181 Å². The van der Waals surface area contributed by atoms with Gasteiger partial charge in [0.05, 0.1) is 31.9 Å². The second-order valence-corrected chi connectivity index (χ2v) is 15.7. The molecule has 1 aliphatic rings. The molecule has 0 saturated heterocycles. The molecule has 0 saturated carbocycles. The first-order valence-corrected chi connectivity index (χ1v) is 19.6. The third-order valence-electron chi connectivity index (χ3n) is 10.4. The highest BCUT2D eigenvalue weighted by molar-refractivity contribution is 7.94. The van der Waals surface area contributed by atoms with Gasteiger partial charge in [0.2, 0.25) is 5.95 Å². The molecule has 3 aromatic heterocycles. The molecule has 0 spiro atoms. The number of hydrogen-bond acceptors (Lipinski definition) is 5. The molecule has 7 nitrogen and oxygen atoms in total. The molecule has 7 aromatic carbocycles. The highest BCUT2D eigenvalue weighted by Gasteiger charge is 2.28. The molecule has 4 heterocycles. The van der Waals surface area contributed by atoms with Crippen molar-refractivity contribution < 1.29 is 4.21 Å². The van der Waals surface area contributed by atoms with E-state index in [4.69, 9.17) is 19.3 Å². The van der Waals surface area contributed by atoms with Crippen molar-refractivity contribution in [2.75, 3.05) is 0 Å². The number of nitrogens with zero attached hydrogens (tertiary/aromatic N) is 6. The quantitative estimate of drug-likeness (QED) is 0.177. The average molecular weight is 727 g/mol. The summed E-state index contributed by atoms with van der Waals surface area (Å²) in [6.45, 7) is 0. The van der Waals surface area contributed by atoms with E-state index in [0.717, 1.165) is 60.3 Å². The topological polar surface area (TPSA) is 78.0 Å². The summed E-state index contributed by atoms with van der Waals surface area (Å²) in [5.74, 6) is 2.24. The minimum Gasteiger partial charge on any atom is -0.291 e. The smallest absolute Gasteiger partial charge is 0.238 e. The van der Waals surface area contributed by atoms with Crippen LogP contribution in [0, 0.1) is 0 Å². The molecule has 11 rings (SSSR count). The van der Waals surface area contributed by atoms with Crippen LogP contribution < -0.4 is 0 Å². The summed E-state index contributed by atoms with van der Waals surface area (Å²) in [6.07, 6.45) is 2.06. The normalized spacial score (nSPS) is 15.3. The van der Waals surface area contributed by atoms with Crippen molar-refractivity contribution in [1.82, 2.24) is 24.1 Å². The van der Waals surface area contributed by atoms with Gasteiger partial charge in [0.25, 0.3) is 0 Å². The third kappa shape index (κ3) is 4.82. The largest absolute Gasteiger partial charge is 0.291 e. The lowest BCUT2D eigenvalue weighted by Gasteiger charge is -2.21. The van der Waals surface area contributed by atoms with E-state index in [0.29, 0.717) is 33.2 Å². The zero-order valence-electron chi connectivity index (χ0n) is 29.3. The molecule has 0 aliphatic carbocycles. The van der Waals surface area contributed by atoms with Gasteiger partial charge in [-0.15, -0.1) is 0 Å². The van der Waals surface area contributed by atoms with Crippen LogP contribution in [0.3, 0.4) is 0 Å². The highest BCUT2D eigenvalue weighted by Crippen LogP contribution is 2.44. The maximum atomic E-state index is 15.4. The van der Waals surface area contributed by atoms with E-state index in [-0.39, 0.29) is 0 Å². The second kappa shape index (κ2) is 12.2. The molecule has 260 valence electrons. The van der Waals surface area contributed by atoms with Gasteiger partial charge >= 0.3 is 0 Å². The van der Waals surface area contributed by atoms with Crippen molar-refractivity contribution in [3.8, 4) is 28.7 Å². The lowest BCUT2D eigenvalue weighted by molar-refractivity contribution is 0.676. The highest BCUT2D eigenvalue weighted by atomic mass is 32.2. The predicted molar refractivity (Wildman–Crippen MR) is 222 cm³/mol. The fourth-order valence-corrected chi connectivity index (χ4v) is 10.0. The van der Waals surface area contributed by atoms with Crippen LogP contribution in [0.25, 0.3) is 84.2 Å². The van der Waals surface area contributed by atoms with E-state index in [2.05, 4.69) is 63.7 Å². The molecule has 0 fully saturated rings. The van der Waals surface area contributed by atoms with Crippen molar-refractivity contribution in [2.24, 2.45) is 4.36 Å². The molecule has 0 amide bonds. The second-order valence-electron chi connectivity index (χ2n) is 13.5. The zero-order chi connectivity index (χ0) is 36.5. The molecule has 1 unspecified atom stereocenters. The summed E-state index contributed by atoms with van der Waals surface area (Å²) >= 11 is 0. The Morgan fingerprint density at radius 3 is 1.55 bits per heavy atom. The van der Waals surface area contributed by atoms with Crippen molar-refractivity contribution in [2.45, 2.75) is 9.79 Å². The van der Waals surface area contributed by atoms with Gasteiger partial charge in [-0.2, -0.15) is 14.3 Å². The van der Waals surface area contributed by atoms with E-state index < -0.39 is 9.73 Å². The minimum absolute atomic E-state index is 0.496. The van der Waals surface area contributed by atoms with Gasteiger partial charge in [-0.05, 0) is 42.0 Å². The summed E-state index contributed by atoms with van der Waals surface area (Å²) in [7, 11) is -3.06. The van der Waals surface area contributed by atoms with Crippen LogP contribution in [0.4, 0.5) is 0 Å². The van der Waals surface area contributed by atoms with Crippen molar-refractivity contribution in [3.63, 3.8) is 0 Å². The molecular formula is C47H30N6OS. The monoisotopic (exact) mass is 726 g/mol. The fraction of sp³-hybridized carbons (Fsp3) is 0. The summed E-state index contributed by atoms with van der Waals surface area (Å²) in [5, 5.41) is 4.19. The molecular weight excluding hydrogens is 697 g/mol. The van der Waals surface area contributed by atoms with Crippen LogP contribution in [-0.4, -0.2) is 28.3 Å². The van der Waals surface area contributed by atoms with Gasteiger partial charge in [-0.3, -0.25) is 9.13 Å². The molecule has 0 N–H and O–H groups in total. The van der Waals surface area contributed by atoms with Gasteiger partial charge in [0.15, 0.2) is 11.6 Å². The number of fused-ring (bicyclic) bond motifs is 8. The summed E-state index contributed by atoms with van der Waals surface area (Å²) < 4.78 is 25.0. The molecule has 1 aliphatic heterocycles.